The minimum Gasteiger partial charge on any atom is -0.342 e. The average molecular weight is 355 g/mol. The number of para-hydroxylation sites is 2. The van der Waals surface area contributed by atoms with Gasteiger partial charge in [0.2, 0.25) is 0 Å². The molecule has 1 aliphatic rings. The number of aromatic nitrogens is 5. The molecule has 0 atom stereocenters. The van der Waals surface area contributed by atoms with E-state index in [1.165, 1.54) is 0 Å². The van der Waals surface area contributed by atoms with E-state index in [2.05, 4.69) is 36.1 Å². The van der Waals surface area contributed by atoms with Gasteiger partial charge in [0.05, 0.1) is 11.0 Å². The predicted octanol–water partition coefficient (Wildman–Crippen LogP) is 1.93. The first-order valence-electron chi connectivity index (χ1n) is 7.45. The molecule has 0 bridgehead atoms. The van der Waals surface area contributed by atoms with E-state index in [9.17, 15) is 0 Å². The van der Waals surface area contributed by atoms with Gasteiger partial charge in [0.15, 0.2) is 0 Å². The van der Waals surface area contributed by atoms with Gasteiger partial charge in [0.1, 0.15) is 17.5 Å². The maximum Gasteiger partial charge on any atom is 0.134 e. The number of aromatic amines is 1. The van der Waals surface area contributed by atoms with Gasteiger partial charge < -0.3 is 14.9 Å². The summed E-state index contributed by atoms with van der Waals surface area (Å²) < 4.78 is 2.25. The number of halogens is 2. The molecule has 3 heterocycles. The minimum atomic E-state index is 0. The van der Waals surface area contributed by atoms with Gasteiger partial charge in [-0.1, -0.05) is 12.1 Å². The molecule has 124 valence electrons. The number of hydrogen-bond donors (Lipinski definition) is 2. The fraction of sp³-hybridized carbons (Fsp3) is 0.400. The van der Waals surface area contributed by atoms with Gasteiger partial charge in [-0.2, -0.15) is 0 Å². The van der Waals surface area contributed by atoms with Crippen molar-refractivity contribution in [1.29, 1.82) is 0 Å². The van der Waals surface area contributed by atoms with Gasteiger partial charge >= 0.3 is 0 Å². The quantitative estimate of drug-likeness (QED) is 0.753. The molecule has 1 aromatic carbocycles. The van der Waals surface area contributed by atoms with Crippen LogP contribution in [0, 0.1) is 0 Å². The third-order valence-corrected chi connectivity index (χ3v) is 3.97. The molecule has 0 radical (unpaired) electrons. The molecule has 0 spiro atoms. The second-order valence-corrected chi connectivity index (χ2v) is 5.38. The molecule has 0 saturated carbocycles. The van der Waals surface area contributed by atoms with E-state index < -0.39 is 0 Å². The molecule has 0 aliphatic carbocycles. The van der Waals surface area contributed by atoms with Crippen molar-refractivity contribution in [2.24, 2.45) is 0 Å². The zero-order chi connectivity index (χ0) is 14.1. The molecule has 0 fully saturated rings. The summed E-state index contributed by atoms with van der Waals surface area (Å²) in [6.45, 7) is 2.93. The first-order valence-corrected chi connectivity index (χ1v) is 7.45. The van der Waals surface area contributed by atoms with Crippen molar-refractivity contribution in [3.8, 4) is 0 Å². The molecule has 2 aromatic heterocycles. The van der Waals surface area contributed by atoms with Crippen molar-refractivity contribution in [3.63, 3.8) is 0 Å². The molecule has 0 saturated heterocycles. The highest BCUT2D eigenvalue weighted by atomic mass is 35.5. The summed E-state index contributed by atoms with van der Waals surface area (Å²) in [5, 5.41) is 12.1. The van der Waals surface area contributed by atoms with E-state index in [-0.39, 0.29) is 24.8 Å². The summed E-state index contributed by atoms with van der Waals surface area (Å²) in [5.74, 6) is 3.18. The highest BCUT2D eigenvalue weighted by Crippen LogP contribution is 2.13. The standard InChI is InChI=1S/C15H18N6.2ClH/c1-2-4-12-11(3-1)17-13(18-12)5-6-14-19-20-15-7-8-16-9-10-21(14)15;;/h1-4,16H,5-10H2,(H,17,18);2*1H. The topological polar surface area (TPSA) is 71.4 Å². The molecule has 23 heavy (non-hydrogen) atoms. The van der Waals surface area contributed by atoms with Crippen LogP contribution in [0.1, 0.15) is 17.5 Å². The zero-order valence-electron chi connectivity index (χ0n) is 12.7. The van der Waals surface area contributed by atoms with Crippen LogP contribution in [-0.2, 0) is 25.8 Å². The Balaban J connectivity index is 0.000000960. The van der Waals surface area contributed by atoms with Crippen LogP contribution in [0.2, 0.25) is 0 Å². The lowest BCUT2D eigenvalue weighted by atomic mass is 10.3. The highest BCUT2D eigenvalue weighted by molar-refractivity contribution is 5.85. The van der Waals surface area contributed by atoms with Crippen LogP contribution in [0.3, 0.4) is 0 Å². The molecule has 1 aliphatic heterocycles. The van der Waals surface area contributed by atoms with Crippen LogP contribution in [0.15, 0.2) is 24.3 Å². The smallest absolute Gasteiger partial charge is 0.134 e. The van der Waals surface area contributed by atoms with E-state index in [1.807, 2.05) is 18.2 Å². The van der Waals surface area contributed by atoms with Crippen molar-refractivity contribution in [1.82, 2.24) is 30.0 Å². The first-order chi connectivity index (χ1) is 10.4. The molecule has 4 rings (SSSR count). The van der Waals surface area contributed by atoms with Crippen LogP contribution in [-0.4, -0.2) is 37.8 Å². The summed E-state index contributed by atoms with van der Waals surface area (Å²) in [6, 6.07) is 8.12. The predicted molar refractivity (Wildman–Crippen MR) is 94.6 cm³/mol. The maximum absolute atomic E-state index is 4.62. The number of rotatable bonds is 3. The number of imidazole rings is 1. The Hall–Kier alpha value is -1.63. The number of benzene rings is 1. The summed E-state index contributed by atoms with van der Waals surface area (Å²) in [5.41, 5.74) is 2.12. The Morgan fingerprint density at radius 1 is 1.04 bits per heavy atom. The van der Waals surface area contributed by atoms with Crippen LogP contribution >= 0.6 is 24.8 Å². The maximum atomic E-state index is 4.62. The normalized spacial score (nSPS) is 13.7. The molecule has 0 unspecified atom stereocenters. The summed E-state index contributed by atoms with van der Waals surface area (Å²) in [4.78, 5) is 7.99. The van der Waals surface area contributed by atoms with E-state index in [1.54, 1.807) is 0 Å². The molecule has 2 N–H and O–H groups in total. The van der Waals surface area contributed by atoms with Gasteiger partial charge in [-0.3, -0.25) is 0 Å². The van der Waals surface area contributed by atoms with Crippen LogP contribution < -0.4 is 5.32 Å². The second-order valence-electron chi connectivity index (χ2n) is 5.38. The van der Waals surface area contributed by atoms with Crippen LogP contribution in [0.4, 0.5) is 0 Å². The molecule has 3 aromatic rings. The minimum absolute atomic E-state index is 0. The van der Waals surface area contributed by atoms with Gasteiger partial charge in [-0.05, 0) is 12.1 Å². The largest absolute Gasteiger partial charge is 0.342 e. The van der Waals surface area contributed by atoms with Crippen molar-refractivity contribution >= 4 is 35.8 Å². The molecule has 6 nitrogen and oxygen atoms in total. The Bertz CT molecular complexity index is 733. The summed E-state index contributed by atoms with van der Waals surface area (Å²) in [7, 11) is 0. The van der Waals surface area contributed by atoms with Crippen molar-refractivity contribution < 1.29 is 0 Å². The Labute approximate surface area is 146 Å². The van der Waals surface area contributed by atoms with Gasteiger partial charge in [-0.15, -0.1) is 35.0 Å². The number of hydrogen-bond acceptors (Lipinski definition) is 4. The van der Waals surface area contributed by atoms with Gasteiger partial charge in [0.25, 0.3) is 0 Å². The fourth-order valence-electron chi connectivity index (χ4n) is 2.87. The van der Waals surface area contributed by atoms with Crippen molar-refractivity contribution in [2.75, 3.05) is 13.1 Å². The summed E-state index contributed by atoms with van der Waals surface area (Å²) >= 11 is 0. The summed E-state index contributed by atoms with van der Waals surface area (Å²) in [6.07, 6.45) is 2.69. The lowest BCUT2D eigenvalue weighted by molar-refractivity contribution is 0.613. The second kappa shape index (κ2) is 7.77. The Kier molecular flexibility index (Phi) is 5.98. The van der Waals surface area contributed by atoms with Gasteiger partial charge in [0, 0.05) is 38.9 Å². The average Bonchev–Trinajstić information content (AvgIpc) is 3.01. The van der Waals surface area contributed by atoms with E-state index in [4.69, 9.17) is 0 Å². The van der Waals surface area contributed by atoms with Gasteiger partial charge in [-0.25, -0.2) is 4.98 Å². The van der Waals surface area contributed by atoms with E-state index >= 15 is 0 Å². The Morgan fingerprint density at radius 2 is 1.91 bits per heavy atom. The molecule has 8 heteroatoms. The molecular weight excluding hydrogens is 335 g/mol. The number of aryl methyl sites for hydroxylation is 2. The number of nitrogens with zero attached hydrogens (tertiary/aromatic N) is 4. The Morgan fingerprint density at radius 3 is 2.78 bits per heavy atom. The van der Waals surface area contributed by atoms with Crippen molar-refractivity contribution in [3.05, 3.63) is 41.7 Å². The number of nitrogens with one attached hydrogen (secondary N) is 2. The van der Waals surface area contributed by atoms with Crippen LogP contribution in [0.25, 0.3) is 11.0 Å². The zero-order valence-corrected chi connectivity index (χ0v) is 14.3. The highest BCUT2D eigenvalue weighted by Gasteiger charge is 2.14. The lowest BCUT2D eigenvalue weighted by Crippen LogP contribution is -2.18. The van der Waals surface area contributed by atoms with E-state index in [0.717, 1.165) is 67.4 Å². The number of fused-ring (bicyclic) bond motifs is 2. The molecular formula is C15H20Cl2N6. The molecule has 0 amide bonds. The third-order valence-electron chi connectivity index (χ3n) is 3.97. The van der Waals surface area contributed by atoms with Crippen molar-refractivity contribution in [2.45, 2.75) is 25.8 Å². The van der Waals surface area contributed by atoms with E-state index in [0.29, 0.717) is 0 Å². The van der Waals surface area contributed by atoms with Crippen LogP contribution in [0.5, 0.6) is 0 Å². The fourth-order valence-corrected chi connectivity index (χ4v) is 2.87. The third kappa shape index (κ3) is 3.65. The number of H-pyrrole nitrogens is 1. The SMILES string of the molecule is Cl.Cl.c1ccc2[nH]c(CCc3nnc4n3CCNCC4)nc2c1. The first kappa shape index (κ1) is 17.7. The lowest BCUT2D eigenvalue weighted by Gasteiger charge is -2.05. The monoisotopic (exact) mass is 354 g/mol.